The molecule has 1 atom stereocenters. The van der Waals surface area contributed by atoms with E-state index in [4.69, 9.17) is 0 Å². The van der Waals surface area contributed by atoms with Crippen LogP contribution in [0, 0.1) is 10.8 Å². The van der Waals surface area contributed by atoms with E-state index < -0.39 is 0 Å². The molecular weight excluding hydrogens is 174 g/mol. The van der Waals surface area contributed by atoms with E-state index in [0.29, 0.717) is 0 Å². The first-order chi connectivity index (χ1) is 6.02. The minimum absolute atomic E-state index is 0.0641. The molecule has 0 rings (SSSR count). The Hall–Kier alpha value is -0.530. The number of carbonyl (C=O) groups is 1. The molecule has 0 aromatic carbocycles. The summed E-state index contributed by atoms with van der Waals surface area (Å²) in [4.78, 5) is 11.1. The third kappa shape index (κ3) is 6.01. The number of amides is 1. The van der Waals surface area contributed by atoms with Gasteiger partial charge >= 0.3 is 0 Å². The van der Waals surface area contributed by atoms with Crippen LogP contribution in [0.1, 0.15) is 54.9 Å². The van der Waals surface area contributed by atoms with Crippen LogP contribution < -0.4 is 5.32 Å². The van der Waals surface area contributed by atoms with Crippen LogP contribution in [0.25, 0.3) is 0 Å². The van der Waals surface area contributed by atoms with Crippen molar-refractivity contribution < 1.29 is 4.79 Å². The first-order valence-corrected chi connectivity index (χ1v) is 5.29. The van der Waals surface area contributed by atoms with Crippen molar-refractivity contribution >= 4 is 5.91 Å². The summed E-state index contributed by atoms with van der Waals surface area (Å²) in [5.74, 6) is 0.0641. The summed E-state index contributed by atoms with van der Waals surface area (Å²) >= 11 is 0. The van der Waals surface area contributed by atoms with Crippen molar-refractivity contribution in [1.82, 2.24) is 5.32 Å². The lowest BCUT2D eigenvalue weighted by atomic mass is 9.77. The number of rotatable bonds is 2. The van der Waals surface area contributed by atoms with Crippen LogP contribution >= 0.6 is 0 Å². The number of nitrogens with one attached hydrogen (secondary N) is 1. The Bertz CT molecular complexity index is 195. The number of hydrogen-bond donors (Lipinski definition) is 1. The van der Waals surface area contributed by atoms with Gasteiger partial charge in [-0.05, 0) is 17.3 Å². The zero-order valence-electron chi connectivity index (χ0n) is 10.7. The molecule has 2 heteroatoms. The molecule has 0 saturated carbocycles. The SMILES string of the molecule is CC(=O)N[C@H](CC(C)(C)C)C(C)(C)C. The molecule has 1 amide bonds. The van der Waals surface area contributed by atoms with Gasteiger partial charge in [0.1, 0.15) is 0 Å². The molecule has 2 nitrogen and oxygen atoms in total. The third-order valence-corrected chi connectivity index (χ3v) is 2.24. The first-order valence-electron chi connectivity index (χ1n) is 5.29. The van der Waals surface area contributed by atoms with Gasteiger partial charge in [0.25, 0.3) is 0 Å². The smallest absolute Gasteiger partial charge is 0.217 e. The lowest BCUT2D eigenvalue weighted by Gasteiger charge is -2.35. The van der Waals surface area contributed by atoms with E-state index in [-0.39, 0.29) is 22.8 Å². The summed E-state index contributed by atoms with van der Waals surface area (Å²) in [7, 11) is 0. The molecule has 0 aromatic heterocycles. The molecule has 0 aliphatic rings. The summed E-state index contributed by atoms with van der Waals surface area (Å²) in [5.41, 5.74) is 0.374. The first kappa shape index (κ1) is 13.5. The minimum Gasteiger partial charge on any atom is -0.353 e. The second-order valence-electron chi connectivity index (χ2n) is 6.38. The van der Waals surface area contributed by atoms with Gasteiger partial charge in [0, 0.05) is 13.0 Å². The standard InChI is InChI=1S/C12H25NO/c1-9(14)13-10(12(5,6)7)8-11(2,3)4/h10H,8H2,1-7H3,(H,13,14)/t10-/m1/s1. The second kappa shape index (κ2) is 4.33. The largest absolute Gasteiger partial charge is 0.353 e. The Morgan fingerprint density at radius 3 is 1.79 bits per heavy atom. The third-order valence-electron chi connectivity index (χ3n) is 2.24. The van der Waals surface area contributed by atoms with Gasteiger partial charge in [-0.25, -0.2) is 0 Å². The van der Waals surface area contributed by atoms with E-state index in [1.165, 1.54) is 0 Å². The van der Waals surface area contributed by atoms with Gasteiger partial charge in [-0.2, -0.15) is 0 Å². The number of hydrogen-bond acceptors (Lipinski definition) is 1. The highest BCUT2D eigenvalue weighted by molar-refractivity contribution is 5.73. The highest BCUT2D eigenvalue weighted by atomic mass is 16.1. The zero-order valence-corrected chi connectivity index (χ0v) is 10.7. The lowest BCUT2D eigenvalue weighted by molar-refractivity contribution is -0.120. The average Bonchev–Trinajstić information content (AvgIpc) is 1.78. The number of carbonyl (C=O) groups excluding carboxylic acids is 1. The molecule has 0 spiro atoms. The van der Waals surface area contributed by atoms with Crippen LogP contribution in [-0.2, 0) is 4.79 Å². The van der Waals surface area contributed by atoms with Crippen molar-refractivity contribution in [3.8, 4) is 0 Å². The van der Waals surface area contributed by atoms with Crippen molar-refractivity contribution in [2.45, 2.75) is 60.9 Å². The molecule has 0 fully saturated rings. The molecular formula is C12H25NO. The molecule has 14 heavy (non-hydrogen) atoms. The highest BCUT2D eigenvalue weighted by Crippen LogP contribution is 2.30. The molecule has 1 N–H and O–H groups in total. The fraction of sp³-hybridized carbons (Fsp3) is 0.917. The van der Waals surface area contributed by atoms with E-state index >= 15 is 0 Å². The summed E-state index contributed by atoms with van der Waals surface area (Å²) in [5, 5.41) is 3.04. The summed E-state index contributed by atoms with van der Waals surface area (Å²) in [6, 6.07) is 0.250. The Morgan fingerprint density at radius 1 is 1.14 bits per heavy atom. The molecule has 0 aliphatic heterocycles. The van der Waals surface area contributed by atoms with E-state index in [1.807, 2.05) is 0 Å². The van der Waals surface area contributed by atoms with Crippen LogP contribution in [0.15, 0.2) is 0 Å². The van der Waals surface area contributed by atoms with Crippen LogP contribution in [0.4, 0.5) is 0 Å². The summed E-state index contributed by atoms with van der Waals surface area (Å²) < 4.78 is 0. The Morgan fingerprint density at radius 2 is 1.57 bits per heavy atom. The van der Waals surface area contributed by atoms with E-state index in [1.54, 1.807) is 6.92 Å². The van der Waals surface area contributed by atoms with Crippen molar-refractivity contribution in [3.63, 3.8) is 0 Å². The van der Waals surface area contributed by atoms with Gasteiger partial charge in [0.2, 0.25) is 5.91 Å². The van der Waals surface area contributed by atoms with E-state index in [2.05, 4.69) is 46.9 Å². The average molecular weight is 199 g/mol. The van der Waals surface area contributed by atoms with Gasteiger partial charge in [0.15, 0.2) is 0 Å². The van der Waals surface area contributed by atoms with Crippen LogP contribution in [0.5, 0.6) is 0 Å². The molecule has 84 valence electrons. The summed E-state index contributed by atoms with van der Waals surface area (Å²) in [6.07, 6.45) is 1.01. The molecule has 0 saturated heterocycles. The monoisotopic (exact) mass is 199 g/mol. The van der Waals surface area contributed by atoms with Crippen LogP contribution in [-0.4, -0.2) is 11.9 Å². The molecule has 0 radical (unpaired) electrons. The topological polar surface area (TPSA) is 29.1 Å². The van der Waals surface area contributed by atoms with E-state index in [9.17, 15) is 4.79 Å². The predicted molar refractivity (Wildman–Crippen MR) is 61.1 cm³/mol. The van der Waals surface area contributed by atoms with Gasteiger partial charge in [-0.1, -0.05) is 41.5 Å². The van der Waals surface area contributed by atoms with Gasteiger partial charge in [-0.15, -0.1) is 0 Å². The zero-order chi connectivity index (χ0) is 11.6. The maximum Gasteiger partial charge on any atom is 0.217 e. The van der Waals surface area contributed by atoms with Crippen LogP contribution in [0.3, 0.4) is 0 Å². The fourth-order valence-corrected chi connectivity index (χ4v) is 1.43. The normalized spacial score (nSPS) is 15.1. The van der Waals surface area contributed by atoms with Crippen molar-refractivity contribution in [3.05, 3.63) is 0 Å². The maximum absolute atomic E-state index is 11.1. The Labute approximate surface area is 88.5 Å². The molecule has 0 unspecified atom stereocenters. The van der Waals surface area contributed by atoms with Gasteiger partial charge in [0.05, 0.1) is 0 Å². The minimum atomic E-state index is 0.0641. The van der Waals surface area contributed by atoms with Gasteiger partial charge in [-0.3, -0.25) is 4.79 Å². The maximum atomic E-state index is 11.1. The van der Waals surface area contributed by atoms with Crippen molar-refractivity contribution in [2.24, 2.45) is 10.8 Å². The van der Waals surface area contributed by atoms with Crippen molar-refractivity contribution in [2.75, 3.05) is 0 Å². The predicted octanol–water partition coefficient (Wildman–Crippen LogP) is 2.97. The molecule has 0 bridgehead atoms. The Kier molecular flexibility index (Phi) is 4.16. The quantitative estimate of drug-likeness (QED) is 0.728. The lowest BCUT2D eigenvalue weighted by Crippen LogP contribution is -2.44. The highest BCUT2D eigenvalue weighted by Gasteiger charge is 2.29. The fourth-order valence-electron chi connectivity index (χ4n) is 1.43. The molecule has 0 heterocycles. The van der Waals surface area contributed by atoms with Crippen molar-refractivity contribution in [1.29, 1.82) is 0 Å². The van der Waals surface area contributed by atoms with Gasteiger partial charge < -0.3 is 5.32 Å². The molecule has 0 aromatic rings. The Balaban J connectivity index is 4.50. The summed E-state index contributed by atoms with van der Waals surface area (Å²) in [6.45, 7) is 14.7. The van der Waals surface area contributed by atoms with E-state index in [0.717, 1.165) is 6.42 Å². The van der Waals surface area contributed by atoms with Crippen LogP contribution in [0.2, 0.25) is 0 Å². The molecule has 0 aliphatic carbocycles. The second-order valence-corrected chi connectivity index (χ2v) is 6.38.